The van der Waals surface area contributed by atoms with Gasteiger partial charge in [0.15, 0.2) is 0 Å². The largest absolute Gasteiger partial charge is 0.233 e. The van der Waals surface area contributed by atoms with Crippen LogP contribution in [0.25, 0.3) is 11.1 Å². The molecule has 0 radical (unpaired) electrons. The second-order valence-electron chi connectivity index (χ2n) is 4.43. The van der Waals surface area contributed by atoms with E-state index in [-0.39, 0.29) is 11.7 Å². The van der Waals surface area contributed by atoms with Crippen LogP contribution in [0.15, 0.2) is 48.5 Å². The highest BCUT2D eigenvalue weighted by molar-refractivity contribution is 8.13. The van der Waals surface area contributed by atoms with Gasteiger partial charge in [0.05, 0.1) is 5.75 Å². The Balaban J connectivity index is 2.21. The van der Waals surface area contributed by atoms with Crippen LogP contribution in [0.4, 0.5) is 0 Å². The van der Waals surface area contributed by atoms with Gasteiger partial charge in [-0.25, -0.2) is 8.42 Å². The third kappa shape index (κ3) is 1.93. The van der Waals surface area contributed by atoms with Crippen LogP contribution in [0.1, 0.15) is 17.0 Å². The van der Waals surface area contributed by atoms with E-state index in [1.807, 2.05) is 48.5 Å². The maximum absolute atomic E-state index is 11.4. The molecule has 0 aliphatic heterocycles. The van der Waals surface area contributed by atoms with Crippen LogP contribution in [0.3, 0.4) is 0 Å². The standard InChI is InChI=1S/C14H11ClO2S/c15-18(16,17)9-14-12-7-3-1-5-10(12)11-6-2-4-8-13(11)14/h1-8,14H,9H2. The Morgan fingerprint density at radius 1 is 0.889 bits per heavy atom. The Hall–Kier alpha value is -1.32. The highest BCUT2D eigenvalue weighted by Crippen LogP contribution is 2.45. The Labute approximate surface area is 111 Å². The van der Waals surface area contributed by atoms with E-state index < -0.39 is 9.05 Å². The number of hydrogen-bond acceptors (Lipinski definition) is 2. The van der Waals surface area contributed by atoms with Crippen LogP contribution < -0.4 is 0 Å². The van der Waals surface area contributed by atoms with E-state index >= 15 is 0 Å². The molecule has 0 amide bonds. The lowest BCUT2D eigenvalue weighted by molar-refractivity contribution is 0.606. The summed E-state index contributed by atoms with van der Waals surface area (Å²) in [6, 6.07) is 15.8. The van der Waals surface area contributed by atoms with Crippen LogP contribution >= 0.6 is 10.7 Å². The van der Waals surface area contributed by atoms with Gasteiger partial charge in [-0.05, 0) is 22.3 Å². The first-order valence-electron chi connectivity index (χ1n) is 5.67. The van der Waals surface area contributed by atoms with Crippen molar-refractivity contribution >= 4 is 19.7 Å². The zero-order valence-corrected chi connectivity index (χ0v) is 11.1. The van der Waals surface area contributed by atoms with Gasteiger partial charge in [0.25, 0.3) is 0 Å². The molecule has 0 heterocycles. The second kappa shape index (κ2) is 4.11. The van der Waals surface area contributed by atoms with E-state index in [0.717, 1.165) is 22.3 Å². The predicted octanol–water partition coefficient (Wildman–Crippen LogP) is 3.37. The summed E-state index contributed by atoms with van der Waals surface area (Å²) in [5.41, 5.74) is 4.31. The molecule has 0 aromatic heterocycles. The summed E-state index contributed by atoms with van der Waals surface area (Å²) in [6.45, 7) is 0. The molecule has 0 fully saturated rings. The lowest BCUT2D eigenvalue weighted by Gasteiger charge is -2.10. The summed E-state index contributed by atoms with van der Waals surface area (Å²) >= 11 is 0. The molecule has 0 saturated carbocycles. The van der Waals surface area contributed by atoms with E-state index in [1.54, 1.807) is 0 Å². The van der Waals surface area contributed by atoms with Gasteiger partial charge in [0.2, 0.25) is 9.05 Å². The Morgan fingerprint density at radius 2 is 1.33 bits per heavy atom. The van der Waals surface area contributed by atoms with Crippen LogP contribution in [0.2, 0.25) is 0 Å². The summed E-state index contributed by atoms with van der Waals surface area (Å²) in [4.78, 5) is 0. The Bertz CT molecular complexity index is 662. The summed E-state index contributed by atoms with van der Waals surface area (Å²) in [5.74, 6) is -0.206. The maximum Gasteiger partial charge on any atom is 0.233 e. The van der Waals surface area contributed by atoms with E-state index in [1.165, 1.54) is 0 Å². The number of halogens is 1. The molecule has 2 nitrogen and oxygen atoms in total. The third-order valence-corrected chi connectivity index (χ3v) is 4.44. The molecule has 4 heteroatoms. The quantitative estimate of drug-likeness (QED) is 0.790. The summed E-state index contributed by atoms with van der Waals surface area (Å²) in [7, 11) is 1.90. The van der Waals surface area contributed by atoms with E-state index in [9.17, 15) is 8.42 Å². The molecule has 0 bridgehead atoms. The minimum atomic E-state index is -3.52. The van der Waals surface area contributed by atoms with Gasteiger partial charge < -0.3 is 0 Å². The van der Waals surface area contributed by atoms with Gasteiger partial charge in [0.1, 0.15) is 0 Å². The van der Waals surface area contributed by atoms with Crippen molar-refractivity contribution in [3.8, 4) is 11.1 Å². The minimum absolute atomic E-state index is 0.0530. The van der Waals surface area contributed by atoms with Crippen molar-refractivity contribution in [2.75, 3.05) is 5.75 Å². The highest BCUT2D eigenvalue weighted by Gasteiger charge is 2.30. The van der Waals surface area contributed by atoms with E-state index in [0.29, 0.717) is 0 Å². The van der Waals surface area contributed by atoms with Crippen molar-refractivity contribution in [3.63, 3.8) is 0 Å². The molecule has 92 valence electrons. The highest BCUT2D eigenvalue weighted by atomic mass is 35.7. The molecule has 0 spiro atoms. The summed E-state index contributed by atoms with van der Waals surface area (Å²) in [6.07, 6.45) is 0. The molecule has 1 aliphatic carbocycles. The third-order valence-electron chi connectivity index (χ3n) is 3.33. The monoisotopic (exact) mass is 278 g/mol. The SMILES string of the molecule is O=S(=O)(Cl)CC1c2ccccc2-c2ccccc21. The fourth-order valence-corrected chi connectivity index (χ4v) is 3.77. The van der Waals surface area contributed by atoms with Gasteiger partial charge in [-0.3, -0.25) is 0 Å². The van der Waals surface area contributed by atoms with Gasteiger partial charge in [-0.15, -0.1) is 0 Å². The summed E-state index contributed by atoms with van der Waals surface area (Å²) < 4.78 is 22.7. The van der Waals surface area contributed by atoms with Crippen LogP contribution in [-0.4, -0.2) is 14.2 Å². The minimum Gasteiger partial charge on any atom is -0.212 e. The van der Waals surface area contributed by atoms with E-state index in [2.05, 4.69) is 0 Å². The Morgan fingerprint density at radius 3 is 1.78 bits per heavy atom. The van der Waals surface area contributed by atoms with Gasteiger partial charge in [0, 0.05) is 16.6 Å². The van der Waals surface area contributed by atoms with Crippen LogP contribution in [-0.2, 0) is 9.05 Å². The Kier molecular flexibility index (Phi) is 2.68. The fraction of sp³-hybridized carbons (Fsp3) is 0.143. The van der Waals surface area contributed by atoms with E-state index in [4.69, 9.17) is 10.7 Å². The van der Waals surface area contributed by atoms with Gasteiger partial charge in [-0.2, -0.15) is 0 Å². The molecule has 18 heavy (non-hydrogen) atoms. The first kappa shape index (κ1) is 11.8. The van der Waals surface area contributed by atoms with Gasteiger partial charge in [-0.1, -0.05) is 48.5 Å². The van der Waals surface area contributed by atoms with Crippen molar-refractivity contribution in [3.05, 3.63) is 59.7 Å². The first-order valence-corrected chi connectivity index (χ1v) is 8.15. The smallest absolute Gasteiger partial charge is 0.212 e. The molecular weight excluding hydrogens is 268 g/mol. The predicted molar refractivity (Wildman–Crippen MR) is 73.4 cm³/mol. The number of fused-ring (bicyclic) bond motifs is 3. The van der Waals surface area contributed by atoms with Crippen molar-refractivity contribution in [1.82, 2.24) is 0 Å². The molecular formula is C14H11ClO2S. The van der Waals surface area contributed by atoms with Crippen molar-refractivity contribution in [2.24, 2.45) is 0 Å². The summed E-state index contributed by atoms with van der Waals surface area (Å²) in [5, 5.41) is 0. The second-order valence-corrected chi connectivity index (χ2v) is 7.25. The van der Waals surface area contributed by atoms with Crippen molar-refractivity contribution in [2.45, 2.75) is 5.92 Å². The van der Waals surface area contributed by atoms with Crippen molar-refractivity contribution < 1.29 is 8.42 Å². The number of hydrogen-bond donors (Lipinski definition) is 0. The zero-order chi connectivity index (χ0) is 12.8. The van der Waals surface area contributed by atoms with Gasteiger partial charge >= 0.3 is 0 Å². The lowest BCUT2D eigenvalue weighted by atomic mass is 9.99. The maximum atomic E-state index is 11.4. The van der Waals surface area contributed by atoms with Crippen molar-refractivity contribution in [1.29, 1.82) is 0 Å². The number of benzene rings is 2. The average Bonchev–Trinajstić information content (AvgIpc) is 2.64. The van der Waals surface area contributed by atoms with Crippen LogP contribution in [0.5, 0.6) is 0 Å². The topological polar surface area (TPSA) is 34.1 Å². The zero-order valence-electron chi connectivity index (χ0n) is 9.51. The van der Waals surface area contributed by atoms with Crippen LogP contribution in [0, 0.1) is 0 Å². The first-order chi connectivity index (χ1) is 8.56. The average molecular weight is 279 g/mol. The molecule has 0 atom stereocenters. The molecule has 1 aliphatic rings. The normalized spacial score (nSPS) is 14.3. The fourth-order valence-electron chi connectivity index (χ4n) is 2.64. The molecule has 0 N–H and O–H groups in total. The molecule has 0 unspecified atom stereocenters. The molecule has 2 aromatic carbocycles. The number of rotatable bonds is 2. The molecule has 2 aromatic rings. The molecule has 0 saturated heterocycles. The lowest BCUT2D eigenvalue weighted by Crippen LogP contribution is -2.09. The molecule has 3 rings (SSSR count).